The summed E-state index contributed by atoms with van der Waals surface area (Å²) in [5.74, 6) is 0.554. The van der Waals surface area contributed by atoms with Crippen LogP contribution in [0.2, 0.25) is 5.15 Å². The third-order valence-electron chi connectivity index (χ3n) is 2.87. The Morgan fingerprint density at radius 2 is 2.24 bits per heavy atom. The van der Waals surface area contributed by atoms with Gasteiger partial charge < -0.3 is 10.2 Å². The van der Waals surface area contributed by atoms with E-state index < -0.39 is 0 Å². The van der Waals surface area contributed by atoms with Crippen LogP contribution >= 0.6 is 11.6 Å². The lowest BCUT2D eigenvalue weighted by Crippen LogP contribution is -2.34. The first-order valence-corrected chi connectivity index (χ1v) is 5.99. The molecule has 1 atom stereocenters. The van der Waals surface area contributed by atoms with Gasteiger partial charge in [-0.05, 0) is 25.5 Å². The van der Waals surface area contributed by atoms with Gasteiger partial charge in [-0.3, -0.25) is 4.79 Å². The molecular formula is C12H18ClN3O. The maximum absolute atomic E-state index is 12.2. The predicted octanol–water partition coefficient (Wildman–Crippen LogP) is 2.65. The number of nitrogens with zero attached hydrogens (tertiary/aromatic N) is 2. The number of hydrogen-bond acceptors (Lipinski definition) is 3. The molecule has 0 aliphatic carbocycles. The molecule has 1 amide bonds. The summed E-state index contributed by atoms with van der Waals surface area (Å²) in [4.78, 5) is 17.9. The third kappa shape index (κ3) is 3.33. The van der Waals surface area contributed by atoms with Crippen molar-refractivity contribution in [2.75, 3.05) is 19.4 Å². The van der Waals surface area contributed by atoms with Crippen LogP contribution in [0.3, 0.4) is 0 Å². The lowest BCUT2D eigenvalue weighted by atomic mass is 10.2. The number of carbonyl (C=O) groups is 1. The van der Waals surface area contributed by atoms with Crippen LogP contribution in [0.1, 0.15) is 30.6 Å². The highest BCUT2D eigenvalue weighted by atomic mass is 35.5. The van der Waals surface area contributed by atoms with E-state index in [4.69, 9.17) is 11.6 Å². The molecule has 0 fully saturated rings. The maximum atomic E-state index is 12.2. The van der Waals surface area contributed by atoms with E-state index in [2.05, 4.69) is 10.3 Å². The minimum absolute atomic E-state index is 0.0415. The van der Waals surface area contributed by atoms with Crippen LogP contribution in [-0.4, -0.2) is 35.9 Å². The van der Waals surface area contributed by atoms with Gasteiger partial charge in [0.1, 0.15) is 11.0 Å². The highest BCUT2D eigenvalue weighted by Gasteiger charge is 2.17. The molecular weight excluding hydrogens is 238 g/mol. The van der Waals surface area contributed by atoms with Gasteiger partial charge in [0.25, 0.3) is 5.91 Å². The van der Waals surface area contributed by atoms with E-state index in [0.29, 0.717) is 16.5 Å². The summed E-state index contributed by atoms with van der Waals surface area (Å²) >= 11 is 5.87. The highest BCUT2D eigenvalue weighted by molar-refractivity contribution is 6.29. The van der Waals surface area contributed by atoms with Gasteiger partial charge in [-0.15, -0.1) is 0 Å². The van der Waals surface area contributed by atoms with Crippen molar-refractivity contribution in [1.82, 2.24) is 9.88 Å². The average molecular weight is 256 g/mol. The summed E-state index contributed by atoms with van der Waals surface area (Å²) in [6, 6.07) is 3.49. The quantitative estimate of drug-likeness (QED) is 0.842. The van der Waals surface area contributed by atoms with E-state index in [9.17, 15) is 4.79 Å². The molecule has 1 heterocycles. The van der Waals surface area contributed by atoms with Crippen molar-refractivity contribution in [2.24, 2.45) is 0 Å². The van der Waals surface area contributed by atoms with Crippen LogP contribution in [0.15, 0.2) is 12.1 Å². The smallest absolute Gasteiger partial charge is 0.254 e. The highest BCUT2D eigenvalue weighted by Crippen LogP contribution is 2.16. The Labute approximate surface area is 107 Å². The lowest BCUT2D eigenvalue weighted by molar-refractivity contribution is 0.0740. The number of rotatable bonds is 4. The molecule has 0 bridgehead atoms. The Balaban J connectivity index is 2.99. The van der Waals surface area contributed by atoms with E-state index in [0.717, 1.165) is 6.42 Å². The number of halogens is 1. The molecule has 1 rings (SSSR count). The lowest BCUT2D eigenvalue weighted by Gasteiger charge is -2.24. The van der Waals surface area contributed by atoms with Crippen LogP contribution < -0.4 is 5.32 Å². The number of aromatic nitrogens is 1. The molecule has 94 valence electrons. The van der Waals surface area contributed by atoms with Crippen molar-refractivity contribution >= 4 is 23.3 Å². The number of anilines is 1. The molecule has 1 N–H and O–H groups in total. The summed E-state index contributed by atoms with van der Waals surface area (Å²) in [5, 5.41) is 3.20. The first-order chi connectivity index (χ1) is 7.99. The molecule has 0 aromatic carbocycles. The van der Waals surface area contributed by atoms with Gasteiger partial charge in [-0.25, -0.2) is 4.98 Å². The minimum atomic E-state index is -0.0415. The second kappa shape index (κ2) is 5.87. The normalized spacial score (nSPS) is 12.1. The molecule has 1 aromatic rings. The van der Waals surface area contributed by atoms with Crippen LogP contribution in [0.25, 0.3) is 0 Å². The van der Waals surface area contributed by atoms with Gasteiger partial charge in [0.15, 0.2) is 0 Å². The summed E-state index contributed by atoms with van der Waals surface area (Å²) in [5.41, 5.74) is 0.553. The van der Waals surface area contributed by atoms with Crippen LogP contribution in [-0.2, 0) is 0 Å². The zero-order chi connectivity index (χ0) is 13.0. The number of carbonyl (C=O) groups excluding carboxylic acids is 1. The van der Waals surface area contributed by atoms with Crippen LogP contribution in [0.4, 0.5) is 5.82 Å². The Hall–Kier alpha value is -1.29. The van der Waals surface area contributed by atoms with Crippen LogP contribution in [0, 0.1) is 0 Å². The fraction of sp³-hybridized carbons (Fsp3) is 0.500. The predicted molar refractivity (Wildman–Crippen MR) is 70.6 cm³/mol. The molecule has 4 nitrogen and oxygen atoms in total. The molecule has 1 aromatic heterocycles. The average Bonchev–Trinajstić information content (AvgIpc) is 2.35. The largest absolute Gasteiger partial charge is 0.373 e. The Bertz CT molecular complexity index is 409. The van der Waals surface area contributed by atoms with Crippen molar-refractivity contribution in [3.63, 3.8) is 0 Å². The Kier molecular flexibility index (Phi) is 4.75. The van der Waals surface area contributed by atoms with Gasteiger partial charge >= 0.3 is 0 Å². The molecule has 5 heteroatoms. The number of pyridine rings is 1. The molecule has 0 saturated carbocycles. The van der Waals surface area contributed by atoms with E-state index in [1.54, 1.807) is 31.1 Å². The maximum Gasteiger partial charge on any atom is 0.254 e. The van der Waals surface area contributed by atoms with Gasteiger partial charge in [0.05, 0.1) is 0 Å². The molecule has 0 radical (unpaired) electrons. The third-order valence-corrected chi connectivity index (χ3v) is 3.06. The molecule has 0 spiro atoms. The first-order valence-electron chi connectivity index (χ1n) is 5.62. The summed E-state index contributed by atoms with van der Waals surface area (Å²) < 4.78 is 0. The number of amides is 1. The van der Waals surface area contributed by atoms with Gasteiger partial charge in [-0.2, -0.15) is 0 Å². The second-order valence-electron chi connectivity index (χ2n) is 3.99. The Morgan fingerprint density at radius 3 is 2.76 bits per heavy atom. The fourth-order valence-electron chi connectivity index (χ4n) is 1.43. The Morgan fingerprint density at radius 1 is 1.59 bits per heavy atom. The second-order valence-corrected chi connectivity index (χ2v) is 4.37. The van der Waals surface area contributed by atoms with Crippen molar-refractivity contribution in [1.29, 1.82) is 0 Å². The van der Waals surface area contributed by atoms with Gasteiger partial charge in [0, 0.05) is 25.7 Å². The molecule has 17 heavy (non-hydrogen) atoms. The van der Waals surface area contributed by atoms with Crippen LogP contribution in [0.5, 0.6) is 0 Å². The molecule has 1 unspecified atom stereocenters. The summed E-state index contributed by atoms with van der Waals surface area (Å²) in [6.07, 6.45) is 0.917. The zero-order valence-electron chi connectivity index (χ0n) is 10.6. The zero-order valence-corrected chi connectivity index (χ0v) is 11.4. The monoisotopic (exact) mass is 255 g/mol. The summed E-state index contributed by atoms with van der Waals surface area (Å²) in [6.45, 7) is 4.06. The number of hydrogen-bond donors (Lipinski definition) is 1. The van der Waals surface area contributed by atoms with E-state index in [-0.39, 0.29) is 11.9 Å². The summed E-state index contributed by atoms with van der Waals surface area (Å²) in [7, 11) is 3.54. The first kappa shape index (κ1) is 13.8. The fourth-order valence-corrected chi connectivity index (χ4v) is 1.63. The van der Waals surface area contributed by atoms with E-state index in [1.165, 1.54) is 0 Å². The SMILES string of the molecule is CCC(C)N(C)C(=O)c1cc(Cl)nc(NC)c1. The van der Waals surface area contributed by atoms with Crippen molar-refractivity contribution in [3.05, 3.63) is 22.8 Å². The molecule has 0 aliphatic rings. The minimum Gasteiger partial charge on any atom is -0.373 e. The standard InChI is InChI=1S/C12H18ClN3O/c1-5-8(2)16(4)12(17)9-6-10(13)15-11(7-9)14-3/h6-8H,5H2,1-4H3,(H,14,15). The number of nitrogens with one attached hydrogen (secondary N) is 1. The topological polar surface area (TPSA) is 45.2 Å². The molecule has 0 saturated heterocycles. The van der Waals surface area contributed by atoms with Gasteiger partial charge in [-0.1, -0.05) is 18.5 Å². The van der Waals surface area contributed by atoms with Crippen molar-refractivity contribution in [2.45, 2.75) is 26.3 Å². The van der Waals surface area contributed by atoms with Crippen molar-refractivity contribution < 1.29 is 4.79 Å². The van der Waals surface area contributed by atoms with Crippen molar-refractivity contribution in [3.8, 4) is 0 Å². The van der Waals surface area contributed by atoms with Gasteiger partial charge in [0.2, 0.25) is 0 Å². The van der Waals surface area contributed by atoms with E-state index >= 15 is 0 Å². The molecule has 0 aliphatic heterocycles. The van der Waals surface area contributed by atoms with E-state index in [1.807, 2.05) is 13.8 Å².